The fourth-order valence-electron chi connectivity index (χ4n) is 1.70. The summed E-state index contributed by atoms with van der Waals surface area (Å²) in [6, 6.07) is 6.91. The summed E-state index contributed by atoms with van der Waals surface area (Å²) < 4.78 is 2.32. The molecule has 1 aromatic heterocycles. The topological polar surface area (TPSA) is 76.0 Å². The highest BCUT2D eigenvalue weighted by Gasteiger charge is 2.15. The number of aryl methyl sites for hydroxylation is 1. The molecule has 0 spiro atoms. The predicted octanol–water partition coefficient (Wildman–Crippen LogP) is 2.24. The van der Waals surface area contributed by atoms with Crippen LogP contribution in [-0.2, 0) is 11.8 Å². The third kappa shape index (κ3) is 3.35. The molecule has 2 aromatic rings. The van der Waals surface area contributed by atoms with Gasteiger partial charge in [-0.2, -0.15) is 5.10 Å². The summed E-state index contributed by atoms with van der Waals surface area (Å²) in [7, 11) is 1.72. The predicted molar refractivity (Wildman–Crippen MR) is 84.6 cm³/mol. The van der Waals surface area contributed by atoms with Gasteiger partial charge >= 0.3 is 0 Å². The van der Waals surface area contributed by atoms with Crippen LogP contribution in [0.2, 0.25) is 0 Å². The number of hydrogen-bond acceptors (Lipinski definition) is 3. The zero-order valence-electron chi connectivity index (χ0n) is 11.0. The van der Waals surface area contributed by atoms with Crippen LogP contribution in [0.15, 0.2) is 30.5 Å². The minimum Gasteiger partial charge on any atom is -0.326 e. The van der Waals surface area contributed by atoms with Gasteiger partial charge in [-0.3, -0.25) is 14.3 Å². The number of aromatic nitrogens is 2. The Morgan fingerprint density at radius 1 is 1.15 bits per heavy atom. The lowest BCUT2D eigenvalue weighted by Crippen LogP contribution is -2.17. The molecule has 0 fully saturated rings. The molecule has 2 rings (SSSR count). The van der Waals surface area contributed by atoms with Crippen LogP contribution in [-0.4, -0.2) is 21.6 Å². The van der Waals surface area contributed by atoms with E-state index >= 15 is 0 Å². The van der Waals surface area contributed by atoms with Gasteiger partial charge in [-0.15, -0.1) is 0 Å². The Hall–Kier alpha value is -1.90. The molecule has 2 amide bonds. The molecule has 2 N–H and O–H groups in total. The smallest absolute Gasteiger partial charge is 0.275 e. The lowest BCUT2D eigenvalue weighted by Gasteiger charge is -2.07. The summed E-state index contributed by atoms with van der Waals surface area (Å²) in [5, 5.41) is 9.48. The zero-order valence-corrected chi connectivity index (χ0v) is 13.1. The van der Waals surface area contributed by atoms with Crippen LogP contribution in [0.1, 0.15) is 17.4 Å². The maximum Gasteiger partial charge on any atom is 0.275 e. The molecule has 0 bridgehead atoms. The number of carbonyl (C=O) groups is 2. The molecule has 104 valence electrons. The van der Waals surface area contributed by atoms with Gasteiger partial charge in [0.2, 0.25) is 5.91 Å². The van der Waals surface area contributed by atoms with Gasteiger partial charge in [-0.1, -0.05) is 0 Å². The average molecular weight is 384 g/mol. The van der Waals surface area contributed by atoms with Gasteiger partial charge < -0.3 is 10.6 Å². The Balaban J connectivity index is 2.10. The summed E-state index contributed by atoms with van der Waals surface area (Å²) in [4.78, 5) is 23.0. The first kappa shape index (κ1) is 14.5. The molecule has 0 unspecified atom stereocenters. The Labute approximate surface area is 129 Å². The molecular formula is C13H13IN4O2. The van der Waals surface area contributed by atoms with Gasteiger partial charge in [0.15, 0.2) is 0 Å². The summed E-state index contributed by atoms with van der Waals surface area (Å²) in [6.45, 7) is 1.44. The van der Waals surface area contributed by atoms with E-state index in [1.807, 2.05) is 0 Å². The molecule has 0 radical (unpaired) electrons. The molecule has 20 heavy (non-hydrogen) atoms. The van der Waals surface area contributed by atoms with Crippen molar-refractivity contribution in [3.63, 3.8) is 0 Å². The highest BCUT2D eigenvalue weighted by molar-refractivity contribution is 14.1. The van der Waals surface area contributed by atoms with E-state index in [1.165, 1.54) is 11.6 Å². The number of rotatable bonds is 3. The number of halogens is 1. The van der Waals surface area contributed by atoms with Gasteiger partial charge in [-0.05, 0) is 46.9 Å². The summed E-state index contributed by atoms with van der Waals surface area (Å²) >= 11 is 2.07. The average Bonchev–Trinajstić information content (AvgIpc) is 2.71. The second-order valence-electron chi connectivity index (χ2n) is 4.18. The van der Waals surface area contributed by atoms with Gasteiger partial charge in [0.1, 0.15) is 5.69 Å². The second-order valence-corrected chi connectivity index (χ2v) is 5.34. The van der Waals surface area contributed by atoms with Crippen molar-refractivity contribution in [2.24, 2.45) is 7.05 Å². The van der Waals surface area contributed by atoms with E-state index in [-0.39, 0.29) is 11.8 Å². The fourth-order valence-corrected chi connectivity index (χ4v) is 2.42. The van der Waals surface area contributed by atoms with E-state index in [0.29, 0.717) is 17.1 Å². The number of carbonyl (C=O) groups excluding carboxylic acids is 2. The highest BCUT2D eigenvalue weighted by Crippen LogP contribution is 2.16. The fraction of sp³-hybridized carbons (Fsp3) is 0.154. The molecule has 1 aromatic carbocycles. The van der Waals surface area contributed by atoms with E-state index in [1.54, 1.807) is 37.5 Å². The van der Waals surface area contributed by atoms with Crippen molar-refractivity contribution in [2.45, 2.75) is 6.92 Å². The van der Waals surface area contributed by atoms with Crippen molar-refractivity contribution < 1.29 is 9.59 Å². The molecule has 0 atom stereocenters. The number of nitrogens with one attached hydrogen (secondary N) is 2. The molecule has 0 aliphatic rings. The quantitative estimate of drug-likeness (QED) is 0.798. The molecule has 0 aliphatic heterocycles. The first-order valence-corrected chi connectivity index (χ1v) is 6.92. The summed E-state index contributed by atoms with van der Waals surface area (Å²) in [5.41, 5.74) is 1.85. The molecule has 7 heteroatoms. The van der Waals surface area contributed by atoms with Crippen molar-refractivity contribution in [1.29, 1.82) is 0 Å². The Morgan fingerprint density at radius 2 is 1.70 bits per heavy atom. The van der Waals surface area contributed by atoms with E-state index in [9.17, 15) is 9.59 Å². The second kappa shape index (κ2) is 6.04. The first-order chi connectivity index (χ1) is 9.47. The van der Waals surface area contributed by atoms with Crippen molar-refractivity contribution in [3.05, 3.63) is 39.7 Å². The van der Waals surface area contributed by atoms with Crippen LogP contribution in [0.3, 0.4) is 0 Å². The molecule has 0 saturated carbocycles. The maximum atomic E-state index is 12.1. The largest absolute Gasteiger partial charge is 0.326 e. The van der Waals surface area contributed by atoms with E-state index in [2.05, 4.69) is 38.3 Å². The van der Waals surface area contributed by atoms with Crippen molar-refractivity contribution in [3.8, 4) is 0 Å². The third-order valence-corrected chi connectivity index (χ3v) is 3.36. The van der Waals surface area contributed by atoms with Crippen LogP contribution < -0.4 is 10.6 Å². The monoisotopic (exact) mass is 384 g/mol. The third-order valence-electron chi connectivity index (χ3n) is 2.57. The molecule has 1 heterocycles. The van der Waals surface area contributed by atoms with Crippen LogP contribution in [0.25, 0.3) is 0 Å². The van der Waals surface area contributed by atoms with Crippen LogP contribution in [0.5, 0.6) is 0 Å². The SMILES string of the molecule is CC(=O)Nc1ccc(NC(=O)c2c(I)cnn2C)cc1. The lowest BCUT2D eigenvalue weighted by molar-refractivity contribution is -0.114. The number of hydrogen-bond donors (Lipinski definition) is 2. The van der Waals surface area contributed by atoms with Crippen LogP contribution in [0.4, 0.5) is 11.4 Å². The molecule has 0 aliphatic carbocycles. The summed E-state index contributed by atoms with van der Waals surface area (Å²) in [6.07, 6.45) is 1.63. The van der Waals surface area contributed by atoms with Gasteiger partial charge in [0.05, 0.1) is 9.77 Å². The number of benzene rings is 1. The maximum absolute atomic E-state index is 12.1. The Bertz CT molecular complexity index is 629. The van der Waals surface area contributed by atoms with Crippen molar-refractivity contribution in [1.82, 2.24) is 9.78 Å². The molecule has 0 saturated heterocycles. The molecule has 6 nitrogen and oxygen atoms in total. The highest BCUT2D eigenvalue weighted by atomic mass is 127. The number of anilines is 2. The van der Waals surface area contributed by atoms with E-state index in [4.69, 9.17) is 0 Å². The Morgan fingerprint density at radius 3 is 2.15 bits per heavy atom. The number of amides is 2. The van der Waals surface area contributed by atoms with Crippen LogP contribution in [0, 0.1) is 3.57 Å². The van der Waals surface area contributed by atoms with Gasteiger partial charge in [0, 0.05) is 25.3 Å². The minimum absolute atomic E-state index is 0.133. The van der Waals surface area contributed by atoms with Crippen molar-refractivity contribution >= 4 is 45.8 Å². The summed E-state index contributed by atoms with van der Waals surface area (Å²) in [5.74, 6) is -0.354. The number of nitrogens with zero attached hydrogens (tertiary/aromatic N) is 2. The normalized spacial score (nSPS) is 10.2. The van der Waals surface area contributed by atoms with Gasteiger partial charge in [0.25, 0.3) is 5.91 Å². The van der Waals surface area contributed by atoms with E-state index in [0.717, 1.165) is 3.57 Å². The van der Waals surface area contributed by atoms with Gasteiger partial charge in [-0.25, -0.2) is 0 Å². The first-order valence-electron chi connectivity index (χ1n) is 5.84. The van der Waals surface area contributed by atoms with Crippen LogP contribution >= 0.6 is 22.6 Å². The van der Waals surface area contributed by atoms with E-state index < -0.39 is 0 Å². The Kier molecular flexibility index (Phi) is 4.38. The molecular weight excluding hydrogens is 371 g/mol. The minimum atomic E-state index is -0.221. The standard InChI is InChI=1S/C13H13IN4O2/c1-8(19)16-9-3-5-10(6-4-9)17-13(20)12-11(14)7-15-18(12)2/h3-7H,1-2H3,(H,16,19)(H,17,20). The zero-order chi connectivity index (χ0) is 14.7. The lowest BCUT2D eigenvalue weighted by atomic mass is 10.2. The van der Waals surface area contributed by atoms with Crippen molar-refractivity contribution in [2.75, 3.05) is 10.6 Å².